The molecule has 1 atom stereocenters. The summed E-state index contributed by atoms with van der Waals surface area (Å²) < 4.78 is 47.7. The third kappa shape index (κ3) is 3.95. The summed E-state index contributed by atoms with van der Waals surface area (Å²) in [4.78, 5) is 0. The summed E-state index contributed by atoms with van der Waals surface area (Å²) in [5.41, 5.74) is 1.96. The van der Waals surface area contributed by atoms with Gasteiger partial charge in [-0.25, -0.2) is 8.42 Å². The van der Waals surface area contributed by atoms with E-state index in [0.717, 1.165) is 10.7 Å². The molecule has 0 N–H and O–H groups in total. The lowest BCUT2D eigenvalue weighted by molar-refractivity contribution is 0.329. The first-order chi connectivity index (χ1) is 13.8. The fraction of sp³-hybridized carbons (Fsp3) is 0.350. The Kier molecular flexibility index (Phi) is 5.88. The van der Waals surface area contributed by atoms with E-state index in [9.17, 15) is 8.42 Å². The highest BCUT2D eigenvalue weighted by molar-refractivity contribution is 7.88. The van der Waals surface area contributed by atoms with Gasteiger partial charge in [-0.1, -0.05) is 12.1 Å². The maximum atomic E-state index is 12.5. The number of hydrazone groups is 1. The maximum Gasteiger partial charge on any atom is 0.247 e. The van der Waals surface area contributed by atoms with Crippen molar-refractivity contribution >= 4 is 15.7 Å². The molecule has 2 aromatic rings. The van der Waals surface area contributed by atoms with Crippen LogP contribution in [-0.2, 0) is 10.0 Å². The van der Waals surface area contributed by atoms with Gasteiger partial charge in [0.1, 0.15) is 11.5 Å². The minimum atomic E-state index is -3.63. The Labute approximate surface area is 170 Å². The first kappa shape index (κ1) is 20.8. The molecule has 9 heteroatoms. The minimum absolute atomic E-state index is 0.347. The Bertz CT molecular complexity index is 1040. The van der Waals surface area contributed by atoms with Crippen molar-refractivity contribution in [1.29, 1.82) is 0 Å². The van der Waals surface area contributed by atoms with Gasteiger partial charge in [0.25, 0.3) is 0 Å². The summed E-state index contributed by atoms with van der Waals surface area (Å²) >= 11 is 0. The van der Waals surface area contributed by atoms with Gasteiger partial charge in [0.2, 0.25) is 10.0 Å². The van der Waals surface area contributed by atoms with E-state index in [1.165, 1.54) is 14.2 Å². The first-order valence-corrected chi connectivity index (χ1v) is 10.7. The fourth-order valence-electron chi connectivity index (χ4n) is 3.40. The quantitative estimate of drug-likeness (QED) is 0.685. The third-order valence-corrected chi connectivity index (χ3v) is 5.74. The molecular weight excluding hydrogens is 396 g/mol. The van der Waals surface area contributed by atoms with E-state index < -0.39 is 16.1 Å². The van der Waals surface area contributed by atoms with Crippen molar-refractivity contribution in [2.45, 2.75) is 12.5 Å². The molecule has 0 aromatic heterocycles. The maximum absolute atomic E-state index is 12.5. The number of ether oxygens (including phenoxy) is 4. The lowest BCUT2D eigenvalue weighted by Gasteiger charge is -2.24. The molecule has 0 saturated heterocycles. The van der Waals surface area contributed by atoms with Crippen LogP contribution in [0.1, 0.15) is 23.6 Å². The molecule has 2 aromatic carbocycles. The average molecular weight is 420 g/mol. The highest BCUT2D eigenvalue weighted by Gasteiger charge is 2.37. The third-order valence-electron chi connectivity index (χ3n) is 4.72. The van der Waals surface area contributed by atoms with E-state index in [0.29, 0.717) is 46.3 Å². The van der Waals surface area contributed by atoms with Gasteiger partial charge in [-0.15, -0.1) is 0 Å². The second-order valence-electron chi connectivity index (χ2n) is 6.45. The smallest absolute Gasteiger partial charge is 0.247 e. The zero-order valence-electron chi connectivity index (χ0n) is 17.0. The van der Waals surface area contributed by atoms with Crippen molar-refractivity contribution in [1.82, 2.24) is 4.41 Å². The van der Waals surface area contributed by atoms with Crippen LogP contribution in [0.15, 0.2) is 41.5 Å². The topological polar surface area (TPSA) is 86.7 Å². The van der Waals surface area contributed by atoms with Crippen LogP contribution in [0.4, 0.5) is 0 Å². The normalized spacial score (nSPS) is 16.4. The number of hydrogen-bond donors (Lipinski definition) is 0. The molecule has 8 nitrogen and oxygen atoms in total. The molecule has 0 radical (unpaired) electrons. The summed E-state index contributed by atoms with van der Waals surface area (Å²) in [6, 6.07) is 10.1. The molecule has 0 bridgehead atoms. The van der Waals surface area contributed by atoms with E-state index in [1.54, 1.807) is 38.5 Å². The van der Waals surface area contributed by atoms with Gasteiger partial charge >= 0.3 is 0 Å². The van der Waals surface area contributed by atoms with Gasteiger partial charge in [-0.3, -0.25) is 0 Å². The molecule has 1 aliphatic rings. The summed E-state index contributed by atoms with van der Waals surface area (Å²) in [6.07, 6.45) is 1.48. The van der Waals surface area contributed by atoms with E-state index in [1.807, 2.05) is 12.1 Å². The van der Waals surface area contributed by atoms with Crippen LogP contribution in [0.25, 0.3) is 0 Å². The van der Waals surface area contributed by atoms with Crippen LogP contribution >= 0.6 is 0 Å². The van der Waals surface area contributed by atoms with E-state index in [-0.39, 0.29) is 0 Å². The van der Waals surface area contributed by atoms with Gasteiger partial charge in [0, 0.05) is 23.6 Å². The largest absolute Gasteiger partial charge is 0.497 e. The Balaban J connectivity index is 2.10. The molecule has 29 heavy (non-hydrogen) atoms. The molecule has 1 aliphatic heterocycles. The zero-order chi connectivity index (χ0) is 21.2. The first-order valence-electron chi connectivity index (χ1n) is 8.84. The van der Waals surface area contributed by atoms with Crippen LogP contribution in [0, 0.1) is 0 Å². The number of para-hydroxylation sites is 1. The Morgan fingerprint density at radius 1 is 0.966 bits per heavy atom. The van der Waals surface area contributed by atoms with Crippen LogP contribution in [-0.4, -0.2) is 53.2 Å². The lowest BCUT2D eigenvalue weighted by Crippen LogP contribution is -2.26. The van der Waals surface area contributed by atoms with E-state index >= 15 is 0 Å². The van der Waals surface area contributed by atoms with Crippen molar-refractivity contribution in [3.8, 4) is 23.0 Å². The molecule has 0 fully saturated rings. The zero-order valence-corrected chi connectivity index (χ0v) is 17.8. The summed E-state index contributed by atoms with van der Waals surface area (Å²) in [5.74, 6) is 2.19. The Morgan fingerprint density at radius 3 is 2.28 bits per heavy atom. The molecule has 0 aliphatic carbocycles. The van der Waals surface area contributed by atoms with E-state index in [2.05, 4.69) is 5.10 Å². The number of sulfonamides is 1. The summed E-state index contributed by atoms with van der Waals surface area (Å²) in [5, 5.41) is 4.43. The van der Waals surface area contributed by atoms with Crippen LogP contribution in [0.2, 0.25) is 0 Å². The van der Waals surface area contributed by atoms with Crippen LogP contribution < -0.4 is 18.9 Å². The van der Waals surface area contributed by atoms with Gasteiger partial charge in [-0.05, 0) is 18.2 Å². The van der Waals surface area contributed by atoms with Gasteiger partial charge in [0.15, 0.2) is 11.5 Å². The van der Waals surface area contributed by atoms with E-state index in [4.69, 9.17) is 18.9 Å². The molecule has 1 heterocycles. The highest BCUT2D eigenvalue weighted by atomic mass is 32.2. The summed E-state index contributed by atoms with van der Waals surface area (Å²) in [6.45, 7) is 0. The van der Waals surface area contributed by atoms with Crippen molar-refractivity contribution < 1.29 is 27.4 Å². The number of hydrogen-bond acceptors (Lipinski definition) is 7. The monoisotopic (exact) mass is 420 g/mol. The van der Waals surface area contributed by atoms with Crippen molar-refractivity contribution in [3.05, 3.63) is 47.5 Å². The molecule has 0 unspecified atom stereocenters. The summed E-state index contributed by atoms with van der Waals surface area (Å²) in [7, 11) is 2.54. The van der Waals surface area contributed by atoms with Gasteiger partial charge < -0.3 is 18.9 Å². The van der Waals surface area contributed by atoms with Crippen LogP contribution in [0.3, 0.4) is 0 Å². The molecule has 156 valence electrons. The van der Waals surface area contributed by atoms with Gasteiger partial charge in [0.05, 0.1) is 46.4 Å². The number of methoxy groups -OCH3 is 4. The van der Waals surface area contributed by atoms with Gasteiger partial charge in [-0.2, -0.15) is 9.52 Å². The Morgan fingerprint density at radius 2 is 1.69 bits per heavy atom. The van der Waals surface area contributed by atoms with Crippen molar-refractivity contribution in [2.24, 2.45) is 5.10 Å². The fourth-order valence-corrected chi connectivity index (χ4v) is 4.30. The minimum Gasteiger partial charge on any atom is -0.497 e. The average Bonchev–Trinajstić information content (AvgIpc) is 3.18. The second-order valence-corrected chi connectivity index (χ2v) is 8.29. The highest BCUT2D eigenvalue weighted by Crippen LogP contribution is 2.43. The predicted octanol–water partition coefficient (Wildman–Crippen LogP) is 2.83. The number of nitrogens with zero attached hydrogens (tertiary/aromatic N) is 2. The standard InChI is InChI=1S/C20H24N2O6S/c1-25-13-9-10-14(19(11-13)27-3)16-12-17(22(21-16)29(5,23)24)15-7-6-8-18(26-2)20(15)28-4/h6-11,17H,12H2,1-5H3/t17-/m1/s1. The van der Waals surface area contributed by atoms with Crippen molar-refractivity contribution in [3.63, 3.8) is 0 Å². The number of benzene rings is 2. The molecule has 0 amide bonds. The predicted molar refractivity (Wildman–Crippen MR) is 110 cm³/mol. The number of rotatable bonds is 7. The molecule has 0 spiro atoms. The Hall–Kier alpha value is -2.94. The lowest BCUT2D eigenvalue weighted by atomic mass is 9.97. The second kappa shape index (κ2) is 8.20. The molecule has 3 rings (SSSR count). The van der Waals surface area contributed by atoms with Crippen LogP contribution in [0.5, 0.6) is 23.0 Å². The van der Waals surface area contributed by atoms with Crippen molar-refractivity contribution in [2.75, 3.05) is 34.7 Å². The molecular formula is C20H24N2O6S. The SMILES string of the molecule is COc1ccc(C2=NN(S(C)(=O)=O)[C@@H](c3cccc(OC)c3OC)C2)c(OC)c1. The molecule has 0 saturated carbocycles.